The SMILES string of the molecule is O=C(CN1CCc2sccc2C1c1ccccc1)Nc1cc2[nH]c(=O)[nH]c2cc1Br. The number of aromatic amines is 2. The van der Waals surface area contributed by atoms with Crippen LogP contribution in [0, 0.1) is 0 Å². The molecule has 0 aliphatic carbocycles. The first-order valence-corrected chi connectivity index (χ1v) is 11.3. The smallest absolute Gasteiger partial charge is 0.323 e. The molecule has 8 heteroatoms. The molecule has 0 radical (unpaired) electrons. The van der Waals surface area contributed by atoms with Gasteiger partial charge in [0.2, 0.25) is 5.91 Å². The molecule has 30 heavy (non-hydrogen) atoms. The Morgan fingerprint density at radius 3 is 2.73 bits per heavy atom. The highest BCUT2D eigenvalue weighted by Gasteiger charge is 2.30. The van der Waals surface area contributed by atoms with Gasteiger partial charge in [-0.1, -0.05) is 30.3 Å². The summed E-state index contributed by atoms with van der Waals surface area (Å²) in [5.41, 5.74) is 4.18. The summed E-state index contributed by atoms with van der Waals surface area (Å²) in [6, 6.07) is 16.1. The summed E-state index contributed by atoms with van der Waals surface area (Å²) in [7, 11) is 0. The van der Waals surface area contributed by atoms with Crippen molar-refractivity contribution in [3.63, 3.8) is 0 Å². The maximum absolute atomic E-state index is 13.0. The van der Waals surface area contributed by atoms with Crippen LogP contribution >= 0.6 is 27.3 Å². The Kier molecular flexibility index (Phi) is 5.06. The largest absolute Gasteiger partial charge is 0.324 e. The van der Waals surface area contributed by atoms with Gasteiger partial charge in [-0.05, 0) is 57.1 Å². The van der Waals surface area contributed by atoms with Gasteiger partial charge >= 0.3 is 5.69 Å². The predicted molar refractivity (Wildman–Crippen MR) is 123 cm³/mol. The number of amides is 1. The summed E-state index contributed by atoms with van der Waals surface area (Å²) in [4.78, 5) is 33.5. The van der Waals surface area contributed by atoms with E-state index in [9.17, 15) is 9.59 Å². The number of carbonyl (C=O) groups excluding carboxylic acids is 1. The molecule has 1 aliphatic heterocycles. The van der Waals surface area contributed by atoms with Crippen molar-refractivity contribution >= 4 is 49.9 Å². The van der Waals surface area contributed by atoms with Crippen LogP contribution in [0.25, 0.3) is 11.0 Å². The molecule has 3 heterocycles. The van der Waals surface area contributed by atoms with Crippen LogP contribution in [-0.4, -0.2) is 33.9 Å². The van der Waals surface area contributed by atoms with E-state index < -0.39 is 0 Å². The molecule has 1 amide bonds. The fraction of sp³-hybridized carbons (Fsp3) is 0.182. The average Bonchev–Trinajstić information content (AvgIpc) is 3.34. The van der Waals surface area contributed by atoms with E-state index in [1.165, 1.54) is 16.0 Å². The highest BCUT2D eigenvalue weighted by molar-refractivity contribution is 9.10. The maximum Gasteiger partial charge on any atom is 0.323 e. The first-order chi connectivity index (χ1) is 14.6. The number of rotatable bonds is 4. The van der Waals surface area contributed by atoms with Gasteiger partial charge in [0.25, 0.3) is 0 Å². The number of benzene rings is 2. The minimum Gasteiger partial charge on any atom is -0.324 e. The quantitative estimate of drug-likeness (QED) is 0.406. The van der Waals surface area contributed by atoms with Crippen molar-refractivity contribution < 1.29 is 4.79 Å². The van der Waals surface area contributed by atoms with Gasteiger partial charge in [-0.25, -0.2) is 4.79 Å². The van der Waals surface area contributed by atoms with Crippen LogP contribution < -0.4 is 11.0 Å². The lowest BCUT2D eigenvalue weighted by Gasteiger charge is -2.35. The van der Waals surface area contributed by atoms with Gasteiger partial charge in [-0.2, -0.15) is 0 Å². The Bertz CT molecular complexity index is 1280. The Hall–Kier alpha value is -2.68. The molecule has 3 N–H and O–H groups in total. The number of H-pyrrole nitrogens is 2. The van der Waals surface area contributed by atoms with E-state index in [4.69, 9.17) is 0 Å². The van der Waals surface area contributed by atoms with Gasteiger partial charge in [0.15, 0.2) is 0 Å². The first kappa shape index (κ1) is 19.3. The third-order valence-corrected chi connectivity index (χ3v) is 7.06. The summed E-state index contributed by atoms with van der Waals surface area (Å²) in [6.45, 7) is 1.11. The number of imidazole rings is 1. The normalized spacial score (nSPS) is 16.5. The van der Waals surface area contributed by atoms with Crippen molar-refractivity contribution in [2.75, 3.05) is 18.4 Å². The predicted octanol–water partition coefficient (Wildman–Crippen LogP) is 4.27. The van der Waals surface area contributed by atoms with Crippen LogP contribution in [0.2, 0.25) is 0 Å². The minimum absolute atomic E-state index is 0.0684. The molecule has 0 spiro atoms. The Morgan fingerprint density at radius 2 is 1.93 bits per heavy atom. The number of fused-ring (bicyclic) bond motifs is 2. The fourth-order valence-electron chi connectivity index (χ4n) is 4.09. The van der Waals surface area contributed by atoms with Crippen molar-refractivity contribution in [2.45, 2.75) is 12.5 Å². The van der Waals surface area contributed by atoms with Crippen molar-refractivity contribution in [1.82, 2.24) is 14.9 Å². The zero-order chi connectivity index (χ0) is 20.7. The molecule has 0 saturated carbocycles. The van der Waals surface area contributed by atoms with Crippen LogP contribution in [0.5, 0.6) is 0 Å². The summed E-state index contributed by atoms with van der Waals surface area (Å²) < 4.78 is 0.719. The lowest BCUT2D eigenvalue weighted by molar-refractivity contribution is -0.117. The number of carbonyl (C=O) groups is 1. The number of aromatic nitrogens is 2. The van der Waals surface area contributed by atoms with E-state index in [-0.39, 0.29) is 24.2 Å². The third kappa shape index (κ3) is 3.62. The van der Waals surface area contributed by atoms with Gasteiger partial charge in [0.1, 0.15) is 0 Å². The number of halogens is 1. The second-order valence-corrected chi connectivity index (χ2v) is 9.19. The molecule has 152 valence electrons. The van der Waals surface area contributed by atoms with Crippen molar-refractivity contribution in [2.24, 2.45) is 0 Å². The molecule has 0 fully saturated rings. The van der Waals surface area contributed by atoms with E-state index >= 15 is 0 Å². The molecule has 0 saturated heterocycles. The summed E-state index contributed by atoms with van der Waals surface area (Å²) in [5, 5.41) is 5.12. The van der Waals surface area contributed by atoms with Crippen LogP contribution in [0.4, 0.5) is 5.69 Å². The molecule has 4 aromatic rings. The number of thiophene rings is 1. The van der Waals surface area contributed by atoms with Crippen molar-refractivity contribution in [3.8, 4) is 0 Å². The van der Waals surface area contributed by atoms with Crippen molar-refractivity contribution in [1.29, 1.82) is 0 Å². The van der Waals surface area contributed by atoms with Gasteiger partial charge in [0, 0.05) is 15.9 Å². The molecule has 2 aromatic carbocycles. The molecule has 1 unspecified atom stereocenters. The zero-order valence-corrected chi connectivity index (χ0v) is 18.3. The minimum atomic E-state index is -0.272. The number of hydrogen-bond acceptors (Lipinski definition) is 4. The van der Waals surface area contributed by atoms with E-state index in [2.05, 4.69) is 59.7 Å². The molecule has 1 atom stereocenters. The average molecular weight is 483 g/mol. The molecule has 6 nitrogen and oxygen atoms in total. The van der Waals surface area contributed by atoms with E-state index in [1.54, 1.807) is 23.5 Å². The number of nitrogens with zero attached hydrogens (tertiary/aromatic N) is 1. The molecular formula is C22H19BrN4O2S. The molecule has 0 bridgehead atoms. The summed E-state index contributed by atoms with van der Waals surface area (Å²) in [6.07, 6.45) is 0.948. The molecular weight excluding hydrogens is 464 g/mol. The van der Waals surface area contributed by atoms with Gasteiger partial charge < -0.3 is 15.3 Å². The molecule has 5 rings (SSSR count). The molecule has 2 aromatic heterocycles. The Balaban J connectivity index is 1.40. The highest BCUT2D eigenvalue weighted by atomic mass is 79.9. The van der Waals surface area contributed by atoms with E-state index in [0.717, 1.165) is 17.4 Å². The second kappa shape index (κ2) is 7.86. The third-order valence-electron chi connectivity index (χ3n) is 5.41. The van der Waals surface area contributed by atoms with Gasteiger partial charge in [-0.15, -0.1) is 11.3 Å². The monoisotopic (exact) mass is 482 g/mol. The summed E-state index contributed by atoms with van der Waals surface area (Å²) >= 11 is 5.27. The van der Waals surface area contributed by atoms with E-state index in [1.807, 2.05) is 18.2 Å². The fourth-order valence-corrected chi connectivity index (χ4v) is 5.44. The first-order valence-electron chi connectivity index (χ1n) is 9.65. The Labute approximate surface area is 185 Å². The zero-order valence-electron chi connectivity index (χ0n) is 15.9. The van der Waals surface area contributed by atoms with E-state index in [0.29, 0.717) is 16.7 Å². The Morgan fingerprint density at radius 1 is 1.17 bits per heavy atom. The maximum atomic E-state index is 13.0. The lowest BCUT2D eigenvalue weighted by atomic mass is 9.93. The van der Waals surface area contributed by atoms with Crippen LogP contribution in [0.3, 0.4) is 0 Å². The van der Waals surface area contributed by atoms with Crippen molar-refractivity contribution in [3.05, 3.63) is 84.9 Å². The number of hydrogen-bond donors (Lipinski definition) is 3. The lowest BCUT2D eigenvalue weighted by Crippen LogP contribution is -2.40. The second-order valence-electron chi connectivity index (χ2n) is 7.34. The van der Waals surface area contributed by atoms with Crippen LogP contribution in [0.15, 0.2) is 63.2 Å². The number of anilines is 1. The van der Waals surface area contributed by atoms with Gasteiger partial charge in [0.05, 0.1) is 29.3 Å². The number of nitrogens with one attached hydrogen (secondary N) is 3. The summed E-state index contributed by atoms with van der Waals surface area (Å²) in [5.74, 6) is -0.0902. The highest BCUT2D eigenvalue weighted by Crippen LogP contribution is 2.37. The van der Waals surface area contributed by atoms with Crippen LogP contribution in [0.1, 0.15) is 22.0 Å². The van der Waals surface area contributed by atoms with Gasteiger partial charge in [-0.3, -0.25) is 9.69 Å². The van der Waals surface area contributed by atoms with Crippen LogP contribution in [-0.2, 0) is 11.2 Å². The standard InChI is InChI=1S/C22H19BrN4O2S/c23-15-10-17-18(26-22(29)25-17)11-16(15)24-20(28)12-27-8-6-19-14(7-9-30-19)21(27)13-4-2-1-3-5-13/h1-5,7,9-11,21H,6,8,12H2,(H,24,28)(H2,25,26,29). The molecule has 1 aliphatic rings. The topological polar surface area (TPSA) is 81.0 Å².